The number of hydrogen-bond acceptors (Lipinski definition) is 5. The van der Waals surface area contributed by atoms with E-state index in [1.165, 1.54) is 19.2 Å². The Hall–Kier alpha value is -3.45. The molecule has 1 aromatic heterocycles. The van der Waals surface area contributed by atoms with Crippen molar-refractivity contribution in [2.45, 2.75) is 26.0 Å². The lowest BCUT2D eigenvalue weighted by atomic mass is 10.00. The van der Waals surface area contributed by atoms with Crippen LogP contribution in [0.15, 0.2) is 54.7 Å². The molecule has 1 saturated carbocycles. The van der Waals surface area contributed by atoms with Gasteiger partial charge in [-0.2, -0.15) is 0 Å². The van der Waals surface area contributed by atoms with Crippen molar-refractivity contribution in [2.75, 3.05) is 20.8 Å². The molecule has 4 rings (SSSR count). The van der Waals surface area contributed by atoms with E-state index in [2.05, 4.69) is 10.3 Å². The monoisotopic (exact) mass is 450 g/mol. The molecule has 0 radical (unpaired) electrons. The summed E-state index contributed by atoms with van der Waals surface area (Å²) in [5, 5.41) is 2.85. The first kappa shape index (κ1) is 22.7. The van der Waals surface area contributed by atoms with Gasteiger partial charge in [0.2, 0.25) is 5.88 Å². The summed E-state index contributed by atoms with van der Waals surface area (Å²) in [6.07, 6.45) is 3.98. The van der Waals surface area contributed by atoms with E-state index in [9.17, 15) is 9.18 Å². The van der Waals surface area contributed by atoms with E-state index in [4.69, 9.17) is 14.2 Å². The maximum absolute atomic E-state index is 14.0. The van der Waals surface area contributed by atoms with E-state index in [1.807, 2.05) is 24.3 Å². The second-order valence-corrected chi connectivity index (χ2v) is 8.07. The minimum absolute atomic E-state index is 0.159. The molecule has 7 heteroatoms. The third-order valence-corrected chi connectivity index (χ3v) is 5.55. The second kappa shape index (κ2) is 10.4. The van der Waals surface area contributed by atoms with Gasteiger partial charge < -0.3 is 19.5 Å². The lowest BCUT2D eigenvalue weighted by Gasteiger charge is -2.14. The van der Waals surface area contributed by atoms with Crippen LogP contribution in [-0.2, 0) is 17.9 Å². The van der Waals surface area contributed by atoms with Gasteiger partial charge >= 0.3 is 0 Å². The number of carbonyl (C=O) groups excluding carboxylic acids is 1. The molecule has 0 saturated heterocycles. The van der Waals surface area contributed by atoms with Crippen molar-refractivity contribution in [1.29, 1.82) is 0 Å². The Bertz CT molecular complexity index is 1130. The van der Waals surface area contributed by atoms with Crippen molar-refractivity contribution >= 4 is 5.91 Å². The normalized spacial score (nSPS) is 12.9. The van der Waals surface area contributed by atoms with Gasteiger partial charge in [-0.25, -0.2) is 9.37 Å². The first-order valence-corrected chi connectivity index (χ1v) is 10.9. The second-order valence-electron chi connectivity index (χ2n) is 8.07. The average molecular weight is 451 g/mol. The molecule has 6 nitrogen and oxygen atoms in total. The van der Waals surface area contributed by atoms with Crippen LogP contribution in [0.1, 0.15) is 34.3 Å². The van der Waals surface area contributed by atoms with Crippen molar-refractivity contribution in [1.82, 2.24) is 10.3 Å². The summed E-state index contributed by atoms with van der Waals surface area (Å²) >= 11 is 0. The van der Waals surface area contributed by atoms with Gasteiger partial charge in [-0.05, 0) is 53.6 Å². The highest BCUT2D eigenvalue weighted by Crippen LogP contribution is 2.31. The molecule has 1 heterocycles. The molecule has 172 valence electrons. The van der Waals surface area contributed by atoms with Crippen LogP contribution < -0.4 is 14.8 Å². The number of aromatic nitrogens is 1. The van der Waals surface area contributed by atoms with Crippen molar-refractivity contribution in [3.8, 4) is 22.8 Å². The fraction of sp³-hybridized carbons (Fsp3) is 0.308. The minimum Gasteiger partial charge on any atom is -0.494 e. The molecular formula is C26H27FN2O4. The molecule has 0 unspecified atom stereocenters. The highest BCUT2D eigenvalue weighted by Gasteiger charge is 2.24. The first-order valence-electron chi connectivity index (χ1n) is 10.9. The van der Waals surface area contributed by atoms with Crippen LogP contribution in [0.3, 0.4) is 0 Å². The Labute approximate surface area is 192 Å². The van der Waals surface area contributed by atoms with Crippen molar-refractivity contribution in [2.24, 2.45) is 5.92 Å². The Kier molecular flexibility index (Phi) is 7.19. The molecule has 0 aliphatic heterocycles. The molecule has 1 aliphatic carbocycles. The van der Waals surface area contributed by atoms with Gasteiger partial charge in [0.25, 0.3) is 5.91 Å². The number of pyridine rings is 1. The van der Waals surface area contributed by atoms with Crippen molar-refractivity contribution < 1.29 is 23.4 Å². The Morgan fingerprint density at radius 2 is 1.97 bits per heavy atom. The van der Waals surface area contributed by atoms with Crippen LogP contribution in [0, 0.1) is 11.7 Å². The van der Waals surface area contributed by atoms with Gasteiger partial charge in [0.05, 0.1) is 20.3 Å². The van der Waals surface area contributed by atoms with E-state index >= 15 is 0 Å². The van der Waals surface area contributed by atoms with Crippen LogP contribution in [0.4, 0.5) is 4.39 Å². The number of benzene rings is 2. The first-order chi connectivity index (χ1) is 16.1. The van der Waals surface area contributed by atoms with Gasteiger partial charge in [-0.1, -0.05) is 30.3 Å². The number of carbonyl (C=O) groups is 1. The predicted molar refractivity (Wildman–Crippen MR) is 123 cm³/mol. The van der Waals surface area contributed by atoms with Gasteiger partial charge in [-0.15, -0.1) is 0 Å². The summed E-state index contributed by atoms with van der Waals surface area (Å²) in [6, 6.07) is 14.2. The summed E-state index contributed by atoms with van der Waals surface area (Å²) in [6.45, 7) is 1.14. The zero-order chi connectivity index (χ0) is 23.2. The van der Waals surface area contributed by atoms with Crippen LogP contribution >= 0.6 is 0 Å². The predicted octanol–water partition coefficient (Wildman–Crippen LogP) is 4.76. The van der Waals surface area contributed by atoms with E-state index in [1.54, 1.807) is 25.4 Å². The number of nitrogens with one attached hydrogen (secondary N) is 1. The summed E-state index contributed by atoms with van der Waals surface area (Å²) < 4.78 is 30.1. The van der Waals surface area contributed by atoms with Crippen LogP contribution in [-0.4, -0.2) is 31.7 Å². The van der Waals surface area contributed by atoms with Gasteiger partial charge in [-0.3, -0.25) is 4.79 Å². The number of rotatable bonds is 10. The van der Waals surface area contributed by atoms with Crippen LogP contribution in [0.5, 0.6) is 11.6 Å². The molecule has 2 aromatic carbocycles. The summed E-state index contributed by atoms with van der Waals surface area (Å²) in [4.78, 5) is 17.6. The molecule has 1 aliphatic rings. The molecule has 1 fully saturated rings. The van der Waals surface area contributed by atoms with Gasteiger partial charge in [0.15, 0.2) is 11.6 Å². The largest absolute Gasteiger partial charge is 0.494 e. The lowest BCUT2D eigenvalue weighted by Crippen LogP contribution is -2.24. The highest BCUT2D eigenvalue weighted by atomic mass is 19.1. The van der Waals surface area contributed by atoms with Crippen molar-refractivity contribution in [3.63, 3.8) is 0 Å². The highest BCUT2D eigenvalue weighted by molar-refractivity contribution is 5.97. The third-order valence-electron chi connectivity index (χ3n) is 5.55. The maximum atomic E-state index is 14.0. The van der Waals surface area contributed by atoms with Crippen LogP contribution in [0.2, 0.25) is 0 Å². The summed E-state index contributed by atoms with van der Waals surface area (Å²) in [5.41, 5.74) is 3.69. The van der Waals surface area contributed by atoms with E-state index in [0.29, 0.717) is 36.1 Å². The van der Waals surface area contributed by atoms with E-state index in [0.717, 1.165) is 29.5 Å². The number of amides is 1. The minimum atomic E-state index is -0.476. The number of nitrogens with zero attached hydrogens (tertiary/aromatic N) is 1. The smallest absolute Gasteiger partial charge is 0.257 e. The van der Waals surface area contributed by atoms with Crippen LogP contribution in [0.25, 0.3) is 11.1 Å². The quantitative estimate of drug-likeness (QED) is 0.482. The van der Waals surface area contributed by atoms with E-state index in [-0.39, 0.29) is 18.2 Å². The maximum Gasteiger partial charge on any atom is 0.257 e. The molecule has 0 atom stereocenters. The molecule has 3 aromatic rings. The Morgan fingerprint density at radius 1 is 1.15 bits per heavy atom. The number of methoxy groups -OCH3 is 2. The number of ether oxygens (including phenoxy) is 3. The molecular weight excluding hydrogens is 423 g/mol. The summed E-state index contributed by atoms with van der Waals surface area (Å²) in [5.74, 6) is 0.166. The van der Waals surface area contributed by atoms with Gasteiger partial charge in [0, 0.05) is 25.4 Å². The SMILES string of the molecule is COCc1ccccc1-c1cnc(OCC2CC2)c(C(=O)NCc2ccc(OC)c(F)c2)c1. The zero-order valence-electron chi connectivity index (χ0n) is 18.8. The Balaban J connectivity index is 1.58. The fourth-order valence-electron chi connectivity index (χ4n) is 3.54. The standard InChI is InChI=1S/C26H27FN2O4/c1-31-16-19-5-3-4-6-21(19)20-12-22(26(29-14-20)33-15-17-7-8-17)25(30)28-13-18-9-10-24(32-2)23(27)11-18/h3-6,9-12,14,17H,7-8,13,15-16H2,1-2H3,(H,28,30). The third kappa shape index (κ3) is 5.68. The average Bonchev–Trinajstić information content (AvgIpc) is 3.66. The molecule has 1 N–H and O–H groups in total. The molecule has 0 bridgehead atoms. The topological polar surface area (TPSA) is 69.7 Å². The molecule has 1 amide bonds. The zero-order valence-corrected chi connectivity index (χ0v) is 18.8. The van der Waals surface area contributed by atoms with Crippen molar-refractivity contribution in [3.05, 3.63) is 77.2 Å². The number of hydrogen-bond donors (Lipinski definition) is 1. The molecule has 0 spiro atoms. The number of halogens is 1. The van der Waals surface area contributed by atoms with E-state index < -0.39 is 5.82 Å². The fourth-order valence-corrected chi connectivity index (χ4v) is 3.54. The summed E-state index contributed by atoms with van der Waals surface area (Å²) in [7, 11) is 3.05. The Morgan fingerprint density at radius 3 is 2.70 bits per heavy atom. The lowest BCUT2D eigenvalue weighted by molar-refractivity contribution is 0.0945. The van der Waals surface area contributed by atoms with Gasteiger partial charge in [0.1, 0.15) is 5.56 Å². The molecule has 33 heavy (non-hydrogen) atoms.